The third kappa shape index (κ3) is 2.43. The van der Waals surface area contributed by atoms with Crippen molar-refractivity contribution in [3.63, 3.8) is 0 Å². The van der Waals surface area contributed by atoms with Crippen LogP contribution in [0.2, 0.25) is 0 Å². The van der Waals surface area contributed by atoms with Crippen LogP contribution in [0.4, 0.5) is 4.79 Å². The Morgan fingerprint density at radius 2 is 1.94 bits per heavy atom. The van der Waals surface area contributed by atoms with Crippen molar-refractivity contribution in [2.24, 2.45) is 0 Å². The van der Waals surface area contributed by atoms with Crippen molar-refractivity contribution in [3.8, 4) is 0 Å². The molecule has 2 aliphatic rings. The molecule has 1 saturated carbocycles. The number of carbonyl (C=O) groups is 1. The van der Waals surface area contributed by atoms with Crippen LogP contribution in [-0.2, 0) is 0 Å². The molecule has 1 N–H and O–H groups in total. The zero-order valence-electron chi connectivity index (χ0n) is 9.93. The minimum absolute atomic E-state index is 0.130. The van der Waals surface area contributed by atoms with Gasteiger partial charge in [-0.1, -0.05) is 30.3 Å². The molecular formula is C14H18N2O. The molecule has 2 fully saturated rings. The van der Waals surface area contributed by atoms with Crippen LogP contribution in [0, 0.1) is 0 Å². The lowest BCUT2D eigenvalue weighted by atomic mass is 9.99. The topological polar surface area (TPSA) is 32.3 Å². The van der Waals surface area contributed by atoms with Gasteiger partial charge in [-0.15, -0.1) is 0 Å². The smallest absolute Gasteiger partial charge is 0.317 e. The van der Waals surface area contributed by atoms with E-state index in [1.54, 1.807) is 0 Å². The Bertz CT molecular complexity index is 400. The highest BCUT2D eigenvalue weighted by Gasteiger charge is 2.30. The van der Waals surface area contributed by atoms with E-state index < -0.39 is 0 Å². The highest BCUT2D eigenvalue weighted by atomic mass is 16.2. The van der Waals surface area contributed by atoms with Gasteiger partial charge in [-0.25, -0.2) is 4.79 Å². The Morgan fingerprint density at radius 1 is 1.18 bits per heavy atom. The summed E-state index contributed by atoms with van der Waals surface area (Å²) in [5, 5.41) is 3.05. The molecule has 1 aromatic carbocycles. The van der Waals surface area contributed by atoms with Gasteiger partial charge in [0, 0.05) is 25.0 Å². The Kier molecular flexibility index (Phi) is 2.75. The van der Waals surface area contributed by atoms with E-state index in [4.69, 9.17) is 0 Å². The monoisotopic (exact) mass is 230 g/mol. The van der Waals surface area contributed by atoms with Crippen LogP contribution in [-0.4, -0.2) is 30.1 Å². The second-order valence-electron chi connectivity index (χ2n) is 5.07. The molecule has 3 nitrogen and oxygen atoms in total. The molecule has 1 aliphatic heterocycles. The number of hydrogen-bond donors (Lipinski definition) is 1. The molecule has 0 spiro atoms. The van der Waals surface area contributed by atoms with E-state index in [2.05, 4.69) is 29.6 Å². The van der Waals surface area contributed by atoms with E-state index in [1.165, 1.54) is 5.56 Å². The molecule has 0 aromatic heterocycles. The van der Waals surface area contributed by atoms with Gasteiger partial charge in [0.05, 0.1) is 0 Å². The van der Waals surface area contributed by atoms with Crippen LogP contribution in [0.15, 0.2) is 30.3 Å². The van der Waals surface area contributed by atoms with Crippen molar-refractivity contribution < 1.29 is 4.79 Å². The van der Waals surface area contributed by atoms with Crippen molar-refractivity contribution in [2.45, 2.75) is 31.2 Å². The molecule has 3 heteroatoms. The number of nitrogens with one attached hydrogen (secondary N) is 1. The molecule has 17 heavy (non-hydrogen) atoms. The lowest BCUT2D eigenvalue weighted by Gasteiger charge is -2.17. The van der Waals surface area contributed by atoms with E-state index in [1.807, 2.05) is 11.0 Å². The average molecular weight is 230 g/mol. The van der Waals surface area contributed by atoms with E-state index in [0.717, 1.165) is 32.4 Å². The zero-order chi connectivity index (χ0) is 11.7. The predicted molar refractivity (Wildman–Crippen MR) is 66.9 cm³/mol. The molecule has 0 radical (unpaired) electrons. The standard InChI is InChI=1S/C14H18N2O/c17-14(15-13-6-7-13)16-9-8-12(10-16)11-4-2-1-3-5-11/h1-5,12-13H,6-10H2,(H,15,17). The second kappa shape index (κ2) is 4.40. The van der Waals surface area contributed by atoms with E-state index in [9.17, 15) is 4.79 Å². The molecule has 90 valence electrons. The molecule has 1 aliphatic carbocycles. The lowest BCUT2D eigenvalue weighted by Crippen LogP contribution is -2.39. The average Bonchev–Trinajstić information content (AvgIpc) is 3.04. The first-order valence-corrected chi connectivity index (χ1v) is 6.43. The second-order valence-corrected chi connectivity index (χ2v) is 5.07. The summed E-state index contributed by atoms with van der Waals surface area (Å²) < 4.78 is 0. The van der Waals surface area contributed by atoms with Gasteiger partial charge in [0.15, 0.2) is 0 Å². The first-order valence-electron chi connectivity index (χ1n) is 6.43. The summed E-state index contributed by atoms with van der Waals surface area (Å²) in [6.45, 7) is 1.75. The van der Waals surface area contributed by atoms with Gasteiger partial charge in [0.25, 0.3) is 0 Å². The summed E-state index contributed by atoms with van der Waals surface area (Å²) in [7, 11) is 0. The quantitative estimate of drug-likeness (QED) is 0.831. The van der Waals surface area contributed by atoms with Crippen molar-refractivity contribution >= 4 is 6.03 Å². The number of likely N-dealkylation sites (tertiary alicyclic amines) is 1. The number of carbonyl (C=O) groups excluding carboxylic acids is 1. The minimum Gasteiger partial charge on any atom is -0.335 e. The van der Waals surface area contributed by atoms with Crippen LogP contribution in [0.1, 0.15) is 30.7 Å². The summed E-state index contributed by atoms with van der Waals surface area (Å²) in [6, 6.07) is 11.1. The van der Waals surface area contributed by atoms with Gasteiger partial charge in [-0.05, 0) is 24.8 Å². The van der Waals surface area contributed by atoms with Gasteiger partial charge in [-0.2, -0.15) is 0 Å². The fraction of sp³-hybridized carbons (Fsp3) is 0.500. The summed E-state index contributed by atoms with van der Waals surface area (Å²) in [5.74, 6) is 0.515. The van der Waals surface area contributed by atoms with E-state index in [-0.39, 0.29) is 6.03 Å². The van der Waals surface area contributed by atoms with Crippen LogP contribution in [0.25, 0.3) is 0 Å². The largest absolute Gasteiger partial charge is 0.335 e. The highest BCUT2D eigenvalue weighted by Crippen LogP contribution is 2.27. The first kappa shape index (κ1) is 10.6. The minimum atomic E-state index is 0.130. The molecule has 0 bridgehead atoms. The number of hydrogen-bond acceptors (Lipinski definition) is 1. The predicted octanol–water partition coefficient (Wildman–Crippen LogP) is 2.35. The Labute approximate surface area is 102 Å². The first-order chi connectivity index (χ1) is 8.33. The number of urea groups is 1. The maximum Gasteiger partial charge on any atom is 0.317 e. The van der Waals surface area contributed by atoms with Crippen LogP contribution < -0.4 is 5.32 Å². The molecule has 2 amide bonds. The number of rotatable bonds is 2. The Hall–Kier alpha value is -1.51. The lowest BCUT2D eigenvalue weighted by molar-refractivity contribution is 0.208. The van der Waals surface area contributed by atoms with Crippen molar-refractivity contribution in [1.29, 1.82) is 0 Å². The molecule has 3 rings (SSSR count). The van der Waals surface area contributed by atoms with Crippen molar-refractivity contribution in [1.82, 2.24) is 10.2 Å². The molecule has 1 unspecified atom stereocenters. The maximum absolute atomic E-state index is 11.9. The number of benzene rings is 1. The van der Waals surface area contributed by atoms with Gasteiger partial charge in [-0.3, -0.25) is 0 Å². The SMILES string of the molecule is O=C(NC1CC1)N1CCC(c2ccccc2)C1. The van der Waals surface area contributed by atoms with E-state index in [0.29, 0.717) is 12.0 Å². The van der Waals surface area contributed by atoms with Gasteiger partial charge < -0.3 is 10.2 Å². The Morgan fingerprint density at radius 3 is 2.65 bits per heavy atom. The third-order valence-corrected chi connectivity index (χ3v) is 3.65. The van der Waals surface area contributed by atoms with Gasteiger partial charge in [0.1, 0.15) is 0 Å². The zero-order valence-corrected chi connectivity index (χ0v) is 9.93. The fourth-order valence-corrected chi connectivity index (χ4v) is 2.44. The summed E-state index contributed by atoms with van der Waals surface area (Å²) in [6.07, 6.45) is 3.39. The van der Waals surface area contributed by atoms with Gasteiger partial charge in [0.2, 0.25) is 0 Å². The van der Waals surface area contributed by atoms with E-state index >= 15 is 0 Å². The van der Waals surface area contributed by atoms with Crippen LogP contribution in [0.5, 0.6) is 0 Å². The van der Waals surface area contributed by atoms with Crippen molar-refractivity contribution in [3.05, 3.63) is 35.9 Å². The highest BCUT2D eigenvalue weighted by molar-refractivity contribution is 5.75. The molecular weight excluding hydrogens is 212 g/mol. The van der Waals surface area contributed by atoms with Crippen LogP contribution in [0.3, 0.4) is 0 Å². The number of nitrogens with zero attached hydrogens (tertiary/aromatic N) is 1. The number of amides is 2. The molecule has 1 atom stereocenters. The molecule has 1 aromatic rings. The third-order valence-electron chi connectivity index (χ3n) is 3.65. The normalized spacial score (nSPS) is 23.8. The fourth-order valence-electron chi connectivity index (χ4n) is 2.44. The molecule has 1 saturated heterocycles. The maximum atomic E-state index is 11.9. The molecule has 1 heterocycles. The van der Waals surface area contributed by atoms with Crippen molar-refractivity contribution in [2.75, 3.05) is 13.1 Å². The summed E-state index contributed by atoms with van der Waals surface area (Å²) in [5.41, 5.74) is 1.36. The van der Waals surface area contributed by atoms with Gasteiger partial charge >= 0.3 is 6.03 Å². The summed E-state index contributed by atoms with van der Waals surface area (Å²) in [4.78, 5) is 13.8. The Balaban J connectivity index is 1.59. The summed E-state index contributed by atoms with van der Waals surface area (Å²) >= 11 is 0. The van der Waals surface area contributed by atoms with Crippen LogP contribution >= 0.6 is 0 Å².